The lowest BCUT2D eigenvalue weighted by atomic mass is 9.83. The summed E-state index contributed by atoms with van der Waals surface area (Å²) in [7, 11) is 0. The van der Waals surface area contributed by atoms with Gasteiger partial charge in [-0.05, 0) is 71.8 Å². The Morgan fingerprint density at radius 3 is 1.64 bits per heavy atom. The summed E-state index contributed by atoms with van der Waals surface area (Å²) in [5.74, 6) is 1.12. The third-order valence-electron chi connectivity index (χ3n) is 9.49. The molecule has 8 aromatic rings. The fourth-order valence-corrected chi connectivity index (χ4v) is 7.50. The van der Waals surface area contributed by atoms with Crippen molar-refractivity contribution in [3.8, 4) is 28.0 Å². The van der Waals surface area contributed by atoms with Crippen LogP contribution in [0.1, 0.15) is 28.7 Å². The van der Waals surface area contributed by atoms with Crippen molar-refractivity contribution < 1.29 is 4.74 Å². The van der Waals surface area contributed by atoms with Crippen LogP contribution in [-0.4, -0.2) is 0 Å². The lowest BCUT2D eigenvalue weighted by Gasteiger charge is -2.21. The zero-order valence-electron chi connectivity index (χ0n) is 24.7. The van der Waals surface area contributed by atoms with E-state index in [4.69, 9.17) is 4.74 Å². The van der Waals surface area contributed by atoms with E-state index in [1.54, 1.807) is 0 Å². The number of ether oxygens (including phenoxy) is 1. The van der Waals surface area contributed by atoms with Gasteiger partial charge in [0.15, 0.2) is 0 Å². The van der Waals surface area contributed by atoms with E-state index in [9.17, 15) is 0 Å². The SMILES string of the molecule is c1ccc(C2c3ccccc3OC2c2ccc(-c3c4ccccc4c(-c4cccc5ccccc45)c4ccccc34)cc2)cc1. The Morgan fingerprint density at radius 1 is 0.378 bits per heavy atom. The van der Waals surface area contributed by atoms with E-state index in [2.05, 4.69) is 170 Å². The van der Waals surface area contributed by atoms with Gasteiger partial charge in [0.1, 0.15) is 11.9 Å². The van der Waals surface area contributed by atoms with Gasteiger partial charge in [-0.1, -0.05) is 164 Å². The van der Waals surface area contributed by atoms with Gasteiger partial charge in [-0.2, -0.15) is 0 Å². The largest absolute Gasteiger partial charge is 0.484 e. The summed E-state index contributed by atoms with van der Waals surface area (Å²) < 4.78 is 6.65. The molecule has 0 bridgehead atoms. The standard InChI is InChI=1S/C44H30O/c1-2-14-30(15-3-1)42-39-22-10-11-24-40(39)45-44(42)32-27-25-31(26-28-32)41-35-18-6-8-20-37(35)43(38-21-9-7-19-36(38)41)34-23-12-16-29-13-4-5-17-33(29)34/h1-28,42,44H. The number of hydrogen-bond donors (Lipinski definition) is 0. The molecule has 0 aliphatic carbocycles. The molecule has 2 unspecified atom stereocenters. The van der Waals surface area contributed by atoms with E-state index >= 15 is 0 Å². The lowest BCUT2D eigenvalue weighted by molar-refractivity contribution is 0.222. The molecule has 1 aliphatic rings. The third kappa shape index (κ3) is 4.16. The van der Waals surface area contributed by atoms with Crippen LogP contribution in [-0.2, 0) is 0 Å². The number of benzene rings is 8. The van der Waals surface area contributed by atoms with Crippen LogP contribution in [0, 0.1) is 0 Å². The van der Waals surface area contributed by atoms with Gasteiger partial charge in [0, 0.05) is 5.56 Å². The van der Waals surface area contributed by atoms with Crippen LogP contribution >= 0.6 is 0 Å². The molecule has 0 saturated carbocycles. The van der Waals surface area contributed by atoms with E-state index in [0.717, 1.165) is 5.75 Å². The van der Waals surface area contributed by atoms with Crippen molar-refractivity contribution in [3.63, 3.8) is 0 Å². The molecule has 45 heavy (non-hydrogen) atoms. The third-order valence-corrected chi connectivity index (χ3v) is 9.49. The molecule has 1 aliphatic heterocycles. The van der Waals surface area contributed by atoms with Crippen LogP contribution in [0.2, 0.25) is 0 Å². The Morgan fingerprint density at radius 2 is 0.933 bits per heavy atom. The predicted molar refractivity (Wildman–Crippen MR) is 188 cm³/mol. The van der Waals surface area contributed by atoms with Gasteiger partial charge in [-0.15, -0.1) is 0 Å². The number of fused-ring (bicyclic) bond motifs is 4. The average molecular weight is 575 g/mol. The molecule has 1 nitrogen and oxygen atoms in total. The molecular weight excluding hydrogens is 544 g/mol. The molecule has 1 heteroatoms. The first-order valence-corrected chi connectivity index (χ1v) is 15.7. The van der Waals surface area contributed by atoms with Crippen LogP contribution in [0.5, 0.6) is 5.75 Å². The minimum absolute atomic E-state index is 0.0823. The van der Waals surface area contributed by atoms with Crippen molar-refractivity contribution in [2.75, 3.05) is 0 Å². The van der Waals surface area contributed by atoms with E-state index < -0.39 is 0 Å². The van der Waals surface area contributed by atoms with Crippen molar-refractivity contribution in [2.24, 2.45) is 0 Å². The molecule has 0 aromatic heterocycles. The molecule has 1 heterocycles. The lowest BCUT2D eigenvalue weighted by Crippen LogP contribution is -2.11. The van der Waals surface area contributed by atoms with Gasteiger partial charge in [0.2, 0.25) is 0 Å². The molecule has 0 fully saturated rings. The summed E-state index contributed by atoms with van der Waals surface area (Å²) in [5, 5.41) is 7.60. The topological polar surface area (TPSA) is 9.23 Å². The molecule has 0 N–H and O–H groups in total. The highest BCUT2D eigenvalue weighted by atomic mass is 16.5. The van der Waals surface area contributed by atoms with Gasteiger partial charge < -0.3 is 4.74 Å². The molecule has 9 rings (SSSR count). The first-order valence-electron chi connectivity index (χ1n) is 15.7. The van der Waals surface area contributed by atoms with Crippen LogP contribution in [0.25, 0.3) is 54.6 Å². The summed E-state index contributed by atoms with van der Waals surface area (Å²) >= 11 is 0. The number of rotatable bonds is 4. The average Bonchev–Trinajstić information content (AvgIpc) is 3.51. The zero-order valence-corrected chi connectivity index (χ0v) is 24.7. The van der Waals surface area contributed by atoms with Crippen molar-refractivity contribution in [2.45, 2.75) is 12.0 Å². The van der Waals surface area contributed by atoms with Gasteiger partial charge in [0.25, 0.3) is 0 Å². The van der Waals surface area contributed by atoms with E-state index in [0.29, 0.717) is 0 Å². The summed E-state index contributed by atoms with van der Waals surface area (Å²) in [6.07, 6.45) is -0.0823. The summed E-state index contributed by atoms with van der Waals surface area (Å²) in [5.41, 5.74) is 8.75. The maximum Gasteiger partial charge on any atom is 0.135 e. The van der Waals surface area contributed by atoms with E-state index in [1.165, 1.54) is 71.3 Å². The molecule has 0 saturated heterocycles. The Bertz CT molecular complexity index is 2290. The Balaban J connectivity index is 1.22. The van der Waals surface area contributed by atoms with Gasteiger partial charge >= 0.3 is 0 Å². The van der Waals surface area contributed by atoms with Gasteiger partial charge in [-0.25, -0.2) is 0 Å². The minimum atomic E-state index is -0.0823. The second kappa shape index (κ2) is 10.5. The molecule has 0 spiro atoms. The fraction of sp³-hybridized carbons (Fsp3) is 0.0455. The van der Waals surface area contributed by atoms with E-state index in [1.807, 2.05) is 0 Å². The zero-order chi connectivity index (χ0) is 29.7. The molecule has 0 radical (unpaired) electrons. The van der Waals surface area contributed by atoms with Gasteiger partial charge in [-0.3, -0.25) is 0 Å². The molecule has 212 valence electrons. The normalized spacial score (nSPS) is 15.7. The van der Waals surface area contributed by atoms with Crippen LogP contribution in [0.15, 0.2) is 170 Å². The van der Waals surface area contributed by atoms with Gasteiger partial charge in [0.05, 0.1) is 5.92 Å². The predicted octanol–water partition coefficient (Wildman–Crippen LogP) is 11.7. The molecule has 0 amide bonds. The quantitative estimate of drug-likeness (QED) is 0.190. The maximum atomic E-state index is 6.65. The summed E-state index contributed by atoms with van der Waals surface area (Å²) in [6.45, 7) is 0. The highest BCUT2D eigenvalue weighted by molar-refractivity contribution is 6.23. The highest BCUT2D eigenvalue weighted by Gasteiger charge is 2.36. The van der Waals surface area contributed by atoms with Crippen LogP contribution in [0.4, 0.5) is 0 Å². The highest BCUT2D eigenvalue weighted by Crippen LogP contribution is 2.50. The Kier molecular flexibility index (Phi) is 6.02. The smallest absolute Gasteiger partial charge is 0.135 e. The monoisotopic (exact) mass is 574 g/mol. The first-order chi connectivity index (χ1) is 22.3. The van der Waals surface area contributed by atoms with Crippen LogP contribution in [0.3, 0.4) is 0 Å². The van der Waals surface area contributed by atoms with Crippen molar-refractivity contribution in [3.05, 3.63) is 187 Å². The summed E-state index contributed by atoms with van der Waals surface area (Å²) in [6, 6.07) is 61.5. The molecule has 8 aromatic carbocycles. The second-order valence-electron chi connectivity index (χ2n) is 12.0. The molecule has 2 atom stereocenters. The van der Waals surface area contributed by atoms with Crippen molar-refractivity contribution in [1.82, 2.24) is 0 Å². The van der Waals surface area contributed by atoms with Crippen LogP contribution < -0.4 is 4.74 Å². The Labute approximate surface area is 263 Å². The first kappa shape index (κ1) is 25.8. The van der Waals surface area contributed by atoms with E-state index in [-0.39, 0.29) is 12.0 Å². The second-order valence-corrected chi connectivity index (χ2v) is 12.0. The molecular formula is C44H30O. The summed E-state index contributed by atoms with van der Waals surface area (Å²) in [4.78, 5) is 0. The minimum Gasteiger partial charge on any atom is -0.484 e. The number of para-hydroxylation sites is 1. The number of hydrogen-bond acceptors (Lipinski definition) is 1. The fourth-order valence-electron chi connectivity index (χ4n) is 7.50. The van der Waals surface area contributed by atoms with Crippen molar-refractivity contribution >= 4 is 32.3 Å². The maximum absolute atomic E-state index is 6.65. The van der Waals surface area contributed by atoms with Crippen molar-refractivity contribution in [1.29, 1.82) is 0 Å². The Hall–Kier alpha value is -5.66.